The molecule has 2 aliphatic heterocycles. The average Bonchev–Trinajstić information content (AvgIpc) is 2.19. The van der Waals surface area contributed by atoms with Gasteiger partial charge in [-0.05, 0) is 12.5 Å². The number of β-lactam (4-membered cyclic amide) rings is 1. The number of hydrogen-bond donors (Lipinski definition) is 2. The summed E-state index contributed by atoms with van der Waals surface area (Å²) in [5.74, 6) is 0.464. The van der Waals surface area contributed by atoms with Crippen molar-refractivity contribution in [2.45, 2.75) is 18.3 Å². The maximum absolute atomic E-state index is 11.4. The molecule has 0 saturated carbocycles. The molecule has 1 saturated heterocycles. The molecule has 6 nitrogen and oxygen atoms in total. The summed E-state index contributed by atoms with van der Waals surface area (Å²) in [5.41, 5.74) is 6.31. The second kappa shape index (κ2) is 3.42. The van der Waals surface area contributed by atoms with Crippen LogP contribution in [0, 0.1) is 0 Å². The zero-order valence-corrected chi connectivity index (χ0v) is 8.78. The first-order chi connectivity index (χ1) is 7.02. The van der Waals surface area contributed by atoms with Crippen LogP contribution in [0.5, 0.6) is 0 Å². The zero-order valence-electron chi connectivity index (χ0n) is 7.97. The van der Waals surface area contributed by atoms with Gasteiger partial charge in [0.15, 0.2) is 0 Å². The molecule has 0 aromatic heterocycles. The topological polar surface area (TPSA) is 92.9 Å². The van der Waals surface area contributed by atoms with E-state index in [-0.39, 0.29) is 17.2 Å². The van der Waals surface area contributed by atoms with E-state index in [1.54, 1.807) is 6.92 Å². The van der Waals surface area contributed by atoms with E-state index in [0.717, 1.165) is 5.57 Å². The summed E-state index contributed by atoms with van der Waals surface area (Å²) in [7, 11) is 0. The zero-order chi connectivity index (χ0) is 11.2. The van der Waals surface area contributed by atoms with E-state index >= 15 is 0 Å². The largest absolute Gasteiger partial charge is 0.512 e. The molecule has 15 heavy (non-hydrogen) atoms. The molecule has 0 aromatic carbocycles. The van der Waals surface area contributed by atoms with Crippen LogP contribution in [-0.2, 0) is 9.53 Å². The maximum Gasteiger partial charge on any atom is 0.512 e. The number of fused-ring (bicyclic) bond motifs is 1. The third-order valence-electron chi connectivity index (χ3n) is 2.32. The molecular weight excluding hydrogens is 220 g/mol. The monoisotopic (exact) mass is 230 g/mol. The Morgan fingerprint density at radius 1 is 1.73 bits per heavy atom. The second-order valence-corrected chi connectivity index (χ2v) is 4.49. The van der Waals surface area contributed by atoms with Crippen LogP contribution in [0.25, 0.3) is 0 Å². The maximum atomic E-state index is 11.4. The lowest BCUT2D eigenvalue weighted by Gasteiger charge is -2.47. The molecule has 7 heteroatoms. The van der Waals surface area contributed by atoms with Crippen molar-refractivity contribution in [1.82, 2.24) is 4.90 Å². The van der Waals surface area contributed by atoms with Crippen molar-refractivity contribution in [2.75, 3.05) is 5.75 Å². The van der Waals surface area contributed by atoms with Crippen LogP contribution >= 0.6 is 11.8 Å². The van der Waals surface area contributed by atoms with Gasteiger partial charge in [-0.3, -0.25) is 9.69 Å². The van der Waals surface area contributed by atoms with Gasteiger partial charge in [-0.2, -0.15) is 0 Å². The number of carboxylic acid groups (broad SMARTS) is 1. The van der Waals surface area contributed by atoms with E-state index < -0.39 is 12.2 Å². The number of carbonyl (C=O) groups excluding carboxylic acids is 1. The number of hydrogen-bond acceptors (Lipinski definition) is 5. The Kier molecular flexibility index (Phi) is 2.35. The molecule has 0 aromatic rings. The fourth-order valence-corrected chi connectivity index (χ4v) is 2.79. The molecule has 0 unspecified atom stereocenters. The van der Waals surface area contributed by atoms with Gasteiger partial charge in [-0.1, -0.05) is 0 Å². The number of carbonyl (C=O) groups is 2. The minimum absolute atomic E-state index is 0.123. The molecule has 0 bridgehead atoms. The third-order valence-corrected chi connectivity index (χ3v) is 3.77. The molecule has 2 atom stereocenters. The predicted molar refractivity (Wildman–Crippen MR) is 52.9 cm³/mol. The van der Waals surface area contributed by atoms with Crippen molar-refractivity contribution < 1.29 is 19.4 Å². The Hall–Kier alpha value is -1.21. The summed E-state index contributed by atoms with van der Waals surface area (Å²) in [6.45, 7) is 1.73. The average molecular weight is 230 g/mol. The molecule has 1 amide bonds. The normalized spacial score (nSPS) is 29.7. The third kappa shape index (κ3) is 1.47. The smallest absolute Gasteiger partial charge is 0.449 e. The van der Waals surface area contributed by atoms with Crippen molar-refractivity contribution in [3.05, 3.63) is 11.5 Å². The van der Waals surface area contributed by atoms with E-state index in [1.165, 1.54) is 16.7 Å². The van der Waals surface area contributed by atoms with Gasteiger partial charge in [-0.15, -0.1) is 11.8 Å². The Balaban J connectivity index is 2.25. The fourth-order valence-electron chi connectivity index (χ4n) is 1.58. The molecule has 0 aliphatic carbocycles. The highest BCUT2D eigenvalue weighted by molar-refractivity contribution is 8.00. The Labute approximate surface area is 90.0 Å². The lowest BCUT2D eigenvalue weighted by Crippen LogP contribution is -2.68. The summed E-state index contributed by atoms with van der Waals surface area (Å²) >= 11 is 1.51. The van der Waals surface area contributed by atoms with Crippen LogP contribution in [0.1, 0.15) is 6.92 Å². The van der Waals surface area contributed by atoms with Crippen molar-refractivity contribution in [2.24, 2.45) is 5.73 Å². The highest BCUT2D eigenvalue weighted by Crippen LogP contribution is 2.39. The van der Waals surface area contributed by atoms with E-state index in [1.807, 2.05) is 0 Å². The molecule has 2 rings (SSSR count). The first-order valence-corrected chi connectivity index (χ1v) is 5.38. The van der Waals surface area contributed by atoms with Crippen LogP contribution in [-0.4, -0.2) is 39.2 Å². The first kappa shape index (κ1) is 10.3. The van der Waals surface area contributed by atoms with Crippen LogP contribution in [0.3, 0.4) is 0 Å². The van der Waals surface area contributed by atoms with E-state index in [0.29, 0.717) is 5.75 Å². The van der Waals surface area contributed by atoms with Crippen molar-refractivity contribution in [3.8, 4) is 0 Å². The van der Waals surface area contributed by atoms with Crippen LogP contribution in [0.4, 0.5) is 4.79 Å². The molecule has 2 aliphatic rings. The molecule has 2 heterocycles. The fraction of sp³-hybridized carbons (Fsp3) is 0.500. The van der Waals surface area contributed by atoms with Crippen LogP contribution < -0.4 is 5.73 Å². The number of ether oxygens (including phenoxy) is 1. The predicted octanol–water partition coefficient (Wildman–Crippen LogP) is 0.155. The Bertz CT molecular complexity index is 368. The first-order valence-electron chi connectivity index (χ1n) is 4.33. The Morgan fingerprint density at radius 3 is 3.00 bits per heavy atom. The van der Waals surface area contributed by atoms with Crippen LogP contribution in [0.2, 0.25) is 0 Å². The summed E-state index contributed by atoms with van der Waals surface area (Å²) in [6, 6.07) is -0.546. The lowest BCUT2D eigenvalue weighted by molar-refractivity contribution is -0.144. The minimum atomic E-state index is -1.41. The highest BCUT2D eigenvalue weighted by Gasteiger charge is 2.50. The van der Waals surface area contributed by atoms with Gasteiger partial charge >= 0.3 is 6.16 Å². The molecule has 3 N–H and O–H groups in total. The number of thioether (sulfide) groups is 1. The second-order valence-electron chi connectivity index (χ2n) is 3.39. The Morgan fingerprint density at radius 2 is 2.40 bits per heavy atom. The van der Waals surface area contributed by atoms with E-state index in [9.17, 15) is 9.59 Å². The molecule has 82 valence electrons. The summed E-state index contributed by atoms with van der Waals surface area (Å²) in [5, 5.41) is 8.35. The summed E-state index contributed by atoms with van der Waals surface area (Å²) in [4.78, 5) is 23.2. The number of nitrogens with two attached hydrogens (primary N) is 1. The van der Waals surface area contributed by atoms with Gasteiger partial charge in [-0.25, -0.2) is 4.79 Å². The van der Waals surface area contributed by atoms with Gasteiger partial charge in [0.1, 0.15) is 11.4 Å². The number of amides is 1. The SMILES string of the molecule is CC1=C(OC(=O)O)N2C(=O)[C@@H](N)[C@H]2SC1. The van der Waals surface area contributed by atoms with Crippen molar-refractivity contribution in [1.29, 1.82) is 0 Å². The van der Waals surface area contributed by atoms with Gasteiger partial charge in [0, 0.05) is 5.75 Å². The number of rotatable bonds is 1. The molecule has 0 radical (unpaired) electrons. The van der Waals surface area contributed by atoms with Gasteiger partial charge in [0.25, 0.3) is 0 Å². The molecular formula is C8H10N2O4S. The minimum Gasteiger partial charge on any atom is -0.449 e. The summed E-state index contributed by atoms with van der Waals surface area (Å²) < 4.78 is 4.59. The molecule has 1 fully saturated rings. The van der Waals surface area contributed by atoms with Crippen molar-refractivity contribution >= 4 is 23.8 Å². The standard InChI is InChI=1S/C8H10N2O4S/c1-3-2-15-7-4(9)5(11)10(7)6(3)14-8(12)13/h4,7H,2,9H2,1H3,(H,12,13)/t4-,7-/m1/s1. The van der Waals surface area contributed by atoms with Gasteiger partial charge < -0.3 is 15.6 Å². The van der Waals surface area contributed by atoms with Gasteiger partial charge in [0.2, 0.25) is 11.8 Å². The van der Waals surface area contributed by atoms with Crippen molar-refractivity contribution in [3.63, 3.8) is 0 Å². The number of nitrogens with zero attached hydrogens (tertiary/aromatic N) is 1. The lowest BCUT2D eigenvalue weighted by atomic mass is 10.1. The summed E-state index contributed by atoms with van der Waals surface area (Å²) in [6.07, 6.45) is -1.41. The highest BCUT2D eigenvalue weighted by atomic mass is 32.2. The molecule has 0 spiro atoms. The van der Waals surface area contributed by atoms with E-state index in [2.05, 4.69) is 4.74 Å². The van der Waals surface area contributed by atoms with Gasteiger partial charge in [0.05, 0.1) is 0 Å². The quantitative estimate of drug-likeness (QED) is 0.492. The van der Waals surface area contributed by atoms with E-state index in [4.69, 9.17) is 10.8 Å². The van der Waals surface area contributed by atoms with Crippen LogP contribution in [0.15, 0.2) is 11.5 Å².